The monoisotopic (exact) mass is 419 g/mol. The number of hydrogen-bond acceptors (Lipinski definition) is 4. The van der Waals surface area contributed by atoms with E-state index in [4.69, 9.17) is 0 Å². The lowest BCUT2D eigenvalue weighted by molar-refractivity contribution is 0.0391. The average Bonchev–Trinajstić information content (AvgIpc) is 3.27. The highest BCUT2D eigenvalue weighted by molar-refractivity contribution is 7.89. The predicted octanol–water partition coefficient (Wildman–Crippen LogP) is 3.33. The Morgan fingerprint density at radius 2 is 1.66 bits per heavy atom. The number of fused-ring (bicyclic) bond motifs is 1. The number of benzene rings is 1. The van der Waals surface area contributed by atoms with E-state index in [9.17, 15) is 13.2 Å². The van der Waals surface area contributed by atoms with E-state index in [1.54, 1.807) is 12.1 Å². The number of anilines is 1. The van der Waals surface area contributed by atoms with Crippen LogP contribution in [0.3, 0.4) is 0 Å². The summed E-state index contributed by atoms with van der Waals surface area (Å²) in [5.41, 5.74) is 1.45. The highest BCUT2D eigenvalue weighted by Crippen LogP contribution is 2.37. The number of rotatable bonds is 4. The van der Waals surface area contributed by atoms with Crippen LogP contribution in [0.2, 0.25) is 0 Å². The number of hydrogen-bond donors (Lipinski definition) is 0. The van der Waals surface area contributed by atoms with Crippen molar-refractivity contribution in [1.29, 1.82) is 0 Å². The van der Waals surface area contributed by atoms with Crippen LogP contribution in [0, 0.1) is 5.92 Å². The van der Waals surface area contributed by atoms with Crippen LogP contribution in [-0.2, 0) is 10.0 Å². The maximum Gasteiger partial charge on any atom is 0.256 e. The quantitative estimate of drug-likeness (QED) is 0.751. The van der Waals surface area contributed by atoms with Crippen LogP contribution in [0.1, 0.15) is 61.7 Å². The second-order valence-electron chi connectivity index (χ2n) is 8.91. The molecule has 1 aromatic carbocycles. The molecule has 2 saturated heterocycles. The summed E-state index contributed by atoms with van der Waals surface area (Å²) in [6, 6.07) is 5.43. The normalized spacial score (nSPS) is 25.3. The van der Waals surface area contributed by atoms with Gasteiger partial charge in [0.25, 0.3) is 5.91 Å². The molecule has 1 aromatic rings. The summed E-state index contributed by atoms with van der Waals surface area (Å²) in [7, 11) is -0.523. The van der Waals surface area contributed by atoms with Gasteiger partial charge in [0.15, 0.2) is 0 Å². The third kappa shape index (κ3) is 3.91. The van der Waals surface area contributed by atoms with Crippen molar-refractivity contribution in [3.8, 4) is 0 Å². The maximum absolute atomic E-state index is 13.8. The van der Waals surface area contributed by atoms with Gasteiger partial charge in [-0.15, -0.1) is 0 Å². The Bertz CT molecular complexity index is 860. The van der Waals surface area contributed by atoms with Gasteiger partial charge in [0, 0.05) is 45.5 Å². The van der Waals surface area contributed by atoms with Gasteiger partial charge in [0.1, 0.15) is 0 Å². The smallest absolute Gasteiger partial charge is 0.256 e. The van der Waals surface area contributed by atoms with Crippen LogP contribution in [0.4, 0.5) is 5.69 Å². The van der Waals surface area contributed by atoms with E-state index in [-0.39, 0.29) is 10.8 Å². The standard InChI is InChI=1S/C22H33N3O3S/c1-23(2)29(27,28)18-11-12-21(24-13-5-6-14-24)19(16-18)22(26)25-15-7-9-17-8-3-4-10-20(17)25/h11-12,16-17,20H,3-10,13-15H2,1-2H3. The van der Waals surface area contributed by atoms with E-state index in [1.807, 2.05) is 6.07 Å². The Hall–Kier alpha value is -1.60. The number of carbonyl (C=O) groups excluding carboxylic acids is 1. The van der Waals surface area contributed by atoms with Crippen LogP contribution in [-0.4, -0.2) is 63.3 Å². The Morgan fingerprint density at radius 3 is 2.38 bits per heavy atom. The molecule has 0 radical (unpaired) electrons. The first-order chi connectivity index (χ1) is 13.9. The molecule has 0 N–H and O–H groups in total. The van der Waals surface area contributed by atoms with Crippen LogP contribution in [0.15, 0.2) is 23.1 Å². The molecule has 3 fully saturated rings. The molecule has 1 saturated carbocycles. The van der Waals surface area contributed by atoms with E-state index >= 15 is 0 Å². The molecule has 2 heterocycles. The lowest BCUT2D eigenvalue weighted by Gasteiger charge is -2.44. The number of nitrogens with zero attached hydrogens (tertiary/aromatic N) is 3. The molecule has 2 atom stereocenters. The molecule has 0 bridgehead atoms. The molecule has 1 amide bonds. The van der Waals surface area contributed by atoms with Crippen molar-refractivity contribution >= 4 is 21.6 Å². The highest BCUT2D eigenvalue weighted by Gasteiger charge is 2.37. The largest absolute Gasteiger partial charge is 0.371 e. The van der Waals surface area contributed by atoms with Crippen molar-refractivity contribution in [2.24, 2.45) is 5.92 Å². The molecular formula is C22H33N3O3S. The fourth-order valence-corrected chi connectivity index (χ4v) is 6.25. The van der Waals surface area contributed by atoms with Gasteiger partial charge in [0.05, 0.1) is 10.5 Å². The maximum atomic E-state index is 13.8. The van der Waals surface area contributed by atoms with Crippen LogP contribution in [0.5, 0.6) is 0 Å². The number of piperidine rings is 1. The summed E-state index contributed by atoms with van der Waals surface area (Å²) < 4.78 is 26.7. The van der Waals surface area contributed by atoms with Gasteiger partial charge in [-0.05, 0) is 62.6 Å². The third-order valence-corrected chi connectivity index (χ3v) is 8.74. The number of amides is 1. The van der Waals surface area contributed by atoms with E-state index in [2.05, 4.69) is 9.80 Å². The van der Waals surface area contributed by atoms with E-state index in [1.165, 1.54) is 44.1 Å². The molecule has 0 aromatic heterocycles. The van der Waals surface area contributed by atoms with Gasteiger partial charge in [-0.25, -0.2) is 12.7 Å². The Kier molecular flexibility index (Phi) is 5.89. The Morgan fingerprint density at radius 1 is 0.966 bits per heavy atom. The van der Waals surface area contributed by atoms with Crippen molar-refractivity contribution in [2.75, 3.05) is 38.6 Å². The second kappa shape index (κ2) is 8.26. The molecule has 2 aliphatic heterocycles. The minimum absolute atomic E-state index is 0.0132. The molecule has 1 aliphatic carbocycles. The zero-order valence-corrected chi connectivity index (χ0v) is 18.5. The minimum Gasteiger partial charge on any atom is -0.371 e. The molecule has 2 unspecified atom stereocenters. The topological polar surface area (TPSA) is 60.9 Å². The highest BCUT2D eigenvalue weighted by atomic mass is 32.2. The van der Waals surface area contributed by atoms with Crippen molar-refractivity contribution < 1.29 is 13.2 Å². The summed E-state index contributed by atoms with van der Waals surface area (Å²) in [5, 5.41) is 0. The van der Waals surface area contributed by atoms with E-state index in [0.29, 0.717) is 17.5 Å². The SMILES string of the molecule is CN(C)S(=O)(=O)c1ccc(N2CCCC2)c(C(=O)N2CCCC3CCCCC32)c1. The zero-order chi connectivity index (χ0) is 20.6. The fraction of sp³-hybridized carbons (Fsp3) is 0.682. The number of likely N-dealkylation sites (tertiary alicyclic amines) is 1. The molecule has 3 aliphatic rings. The minimum atomic E-state index is -3.58. The Balaban J connectivity index is 1.73. The summed E-state index contributed by atoms with van der Waals surface area (Å²) in [6.45, 7) is 2.63. The third-order valence-electron chi connectivity index (χ3n) is 6.93. The van der Waals surface area contributed by atoms with Crippen molar-refractivity contribution in [1.82, 2.24) is 9.21 Å². The molecule has 6 nitrogen and oxygen atoms in total. The van der Waals surface area contributed by atoms with Gasteiger partial charge in [0.2, 0.25) is 10.0 Å². The molecule has 160 valence electrons. The van der Waals surface area contributed by atoms with Gasteiger partial charge < -0.3 is 9.80 Å². The first-order valence-electron chi connectivity index (χ1n) is 11.0. The summed E-state index contributed by atoms with van der Waals surface area (Å²) in [6.07, 6.45) is 9.20. The zero-order valence-electron chi connectivity index (χ0n) is 17.6. The van der Waals surface area contributed by atoms with Crippen LogP contribution in [0.25, 0.3) is 0 Å². The van der Waals surface area contributed by atoms with Crippen molar-refractivity contribution in [2.45, 2.75) is 62.3 Å². The lowest BCUT2D eigenvalue weighted by Crippen LogP contribution is -2.50. The van der Waals surface area contributed by atoms with Gasteiger partial charge in [-0.3, -0.25) is 4.79 Å². The first kappa shape index (κ1) is 20.7. The molecule has 7 heteroatoms. The van der Waals surface area contributed by atoms with Gasteiger partial charge in [-0.2, -0.15) is 0 Å². The van der Waals surface area contributed by atoms with Crippen LogP contribution >= 0.6 is 0 Å². The van der Waals surface area contributed by atoms with E-state index < -0.39 is 10.0 Å². The fourth-order valence-electron chi connectivity index (χ4n) is 5.32. The second-order valence-corrected chi connectivity index (χ2v) is 11.1. The molecular weight excluding hydrogens is 386 g/mol. The Labute approximate surface area is 174 Å². The average molecular weight is 420 g/mol. The summed E-state index contributed by atoms with van der Waals surface area (Å²) >= 11 is 0. The van der Waals surface area contributed by atoms with Crippen molar-refractivity contribution in [3.05, 3.63) is 23.8 Å². The molecule has 0 spiro atoms. The number of sulfonamides is 1. The molecule has 4 rings (SSSR count). The van der Waals surface area contributed by atoms with Crippen LogP contribution < -0.4 is 4.90 Å². The predicted molar refractivity (Wildman–Crippen MR) is 115 cm³/mol. The van der Waals surface area contributed by atoms with Gasteiger partial charge >= 0.3 is 0 Å². The van der Waals surface area contributed by atoms with Gasteiger partial charge in [-0.1, -0.05) is 12.8 Å². The number of carbonyl (C=O) groups is 1. The summed E-state index contributed by atoms with van der Waals surface area (Å²) in [5.74, 6) is 0.615. The first-order valence-corrected chi connectivity index (χ1v) is 12.5. The van der Waals surface area contributed by atoms with Crippen molar-refractivity contribution in [3.63, 3.8) is 0 Å². The summed E-state index contributed by atoms with van der Waals surface area (Å²) in [4.78, 5) is 18.3. The lowest BCUT2D eigenvalue weighted by atomic mass is 9.78. The molecule has 29 heavy (non-hydrogen) atoms. The van der Waals surface area contributed by atoms with E-state index in [0.717, 1.165) is 51.0 Å².